The first-order chi connectivity index (χ1) is 15.2. The third kappa shape index (κ3) is 4.89. The Morgan fingerprint density at radius 3 is 2.77 bits per heavy atom. The van der Waals surface area contributed by atoms with Crippen molar-refractivity contribution in [2.75, 3.05) is 19.8 Å². The zero-order valence-corrected chi connectivity index (χ0v) is 19.5. The lowest BCUT2D eigenvalue weighted by Crippen LogP contribution is -2.37. The van der Waals surface area contributed by atoms with Crippen LogP contribution in [0.1, 0.15) is 55.3 Å². The second-order valence-electron chi connectivity index (χ2n) is 8.01. The highest BCUT2D eigenvalue weighted by molar-refractivity contribution is 7.98. The highest BCUT2D eigenvalue weighted by Crippen LogP contribution is 2.33. The summed E-state index contributed by atoms with van der Waals surface area (Å²) in [5.74, 6) is 2.83. The fourth-order valence-electron chi connectivity index (χ4n) is 4.38. The first-order valence-electron chi connectivity index (χ1n) is 11.1. The van der Waals surface area contributed by atoms with Crippen LogP contribution in [0.15, 0.2) is 38.8 Å². The fourth-order valence-corrected chi connectivity index (χ4v) is 4.95. The van der Waals surface area contributed by atoms with Crippen LogP contribution in [-0.4, -0.2) is 40.6 Å². The van der Waals surface area contributed by atoms with E-state index in [2.05, 4.69) is 49.6 Å². The fraction of sp³-hybridized carbons (Fsp3) is 0.522. The third-order valence-corrected chi connectivity index (χ3v) is 6.70. The minimum absolute atomic E-state index is 0.571. The second-order valence-corrected chi connectivity index (χ2v) is 8.79. The summed E-state index contributed by atoms with van der Waals surface area (Å²) in [5.41, 5.74) is 2.10. The van der Waals surface area contributed by atoms with Crippen LogP contribution >= 0.6 is 11.8 Å². The molecule has 8 heteroatoms. The van der Waals surface area contributed by atoms with Crippen LogP contribution in [0.25, 0.3) is 11.0 Å². The number of rotatable bonds is 8. The van der Waals surface area contributed by atoms with Crippen molar-refractivity contribution >= 4 is 28.7 Å². The van der Waals surface area contributed by atoms with Crippen molar-refractivity contribution in [3.8, 4) is 0 Å². The predicted octanol–water partition coefficient (Wildman–Crippen LogP) is 4.47. The smallest absolute Gasteiger partial charge is 0.191 e. The molecule has 4 rings (SSSR count). The van der Waals surface area contributed by atoms with Crippen LogP contribution in [0.2, 0.25) is 0 Å². The lowest BCUT2D eigenvalue weighted by atomic mass is 10.1. The number of aryl methyl sites for hydroxylation is 2. The number of para-hydroxylation sites is 1. The summed E-state index contributed by atoms with van der Waals surface area (Å²) in [5, 5.41) is 17.9. The summed E-state index contributed by atoms with van der Waals surface area (Å²) in [6.07, 6.45) is 9.08. The maximum Gasteiger partial charge on any atom is 0.191 e. The molecule has 2 heterocycles. The van der Waals surface area contributed by atoms with Gasteiger partial charge in [-0.05, 0) is 38.5 Å². The van der Waals surface area contributed by atoms with Gasteiger partial charge in [0.15, 0.2) is 11.1 Å². The van der Waals surface area contributed by atoms with Crippen LogP contribution in [0, 0.1) is 6.92 Å². The number of aliphatic imine (C=N–C) groups is 1. The van der Waals surface area contributed by atoms with Gasteiger partial charge in [0.05, 0.1) is 6.54 Å². The van der Waals surface area contributed by atoms with E-state index in [0.29, 0.717) is 12.6 Å². The molecule has 0 atom stereocenters. The summed E-state index contributed by atoms with van der Waals surface area (Å²) in [4.78, 5) is 4.35. The Balaban J connectivity index is 1.28. The lowest BCUT2D eigenvalue weighted by molar-refractivity contribution is 0.460. The van der Waals surface area contributed by atoms with E-state index in [0.717, 1.165) is 47.7 Å². The quantitative estimate of drug-likeness (QED) is 0.233. The SMILES string of the molecule is CN=C(NCCCc1nnc(SC)n1C1CCCC1)NCc1oc2ccccc2c1C. The largest absolute Gasteiger partial charge is 0.459 e. The van der Waals surface area contributed by atoms with Gasteiger partial charge in [-0.25, -0.2) is 0 Å². The minimum atomic E-state index is 0.571. The number of hydrogen-bond donors (Lipinski definition) is 2. The Morgan fingerprint density at radius 2 is 2.03 bits per heavy atom. The van der Waals surface area contributed by atoms with E-state index in [9.17, 15) is 0 Å². The van der Waals surface area contributed by atoms with Gasteiger partial charge < -0.3 is 19.6 Å². The monoisotopic (exact) mass is 440 g/mol. The summed E-state index contributed by atoms with van der Waals surface area (Å²) >= 11 is 1.69. The molecule has 0 spiro atoms. The summed E-state index contributed by atoms with van der Waals surface area (Å²) in [7, 11) is 1.79. The predicted molar refractivity (Wildman–Crippen MR) is 127 cm³/mol. The highest BCUT2D eigenvalue weighted by atomic mass is 32.2. The number of nitrogens with zero attached hydrogens (tertiary/aromatic N) is 4. The first kappa shape index (κ1) is 21.7. The lowest BCUT2D eigenvalue weighted by Gasteiger charge is -2.16. The number of fused-ring (bicyclic) bond motifs is 1. The normalized spacial score (nSPS) is 15.1. The summed E-state index contributed by atoms with van der Waals surface area (Å²) in [6, 6.07) is 8.71. The van der Waals surface area contributed by atoms with Gasteiger partial charge in [-0.1, -0.05) is 42.8 Å². The van der Waals surface area contributed by atoms with Gasteiger partial charge in [0.25, 0.3) is 0 Å². The Morgan fingerprint density at radius 1 is 1.23 bits per heavy atom. The van der Waals surface area contributed by atoms with E-state index >= 15 is 0 Å². The Bertz CT molecular complexity index is 1030. The molecule has 31 heavy (non-hydrogen) atoms. The van der Waals surface area contributed by atoms with E-state index in [1.54, 1.807) is 18.8 Å². The zero-order valence-electron chi connectivity index (χ0n) is 18.6. The molecule has 0 aliphatic heterocycles. The van der Waals surface area contributed by atoms with E-state index in [1.807, 2.05) is 18.2 Å². The van der Waals surface area contributed by atoms with Crippen molar-refractivity contribution in [1.29, 1.82) is 0 Å². The number of benzene rings is 1. The van der Waals surface area contributed by atoms with Crippen molar-refractivity contribution in [3.63, 3.8) is 0 Å². The number of guanidine groups is 1. The van der Waals surface area contributed by atoms with Crippen LogP contribution in [0.5, 0.6) is 0 Å². The molecule has 0 radical (unpaired) electrons. The molecule has 2 N–H and O–H groups in total. The molecule has 0 saturated heterocycles. The van der Waals surface area contributed by atoms with Crippen molar-refractivity contribution in [2.45, 2.75) is 63.2 Å². The number of thioether (sulfide) groups is 1. The molecular formula is C23H32N6OS. The van der Waals surface area contributed by atoms with Gasteiger partial charge in [0.1, 0.15) is 17.2 Å². The van der Waals surface area contributed by atoms with E-state index in [4.69, 9.17) is 4.42 Å². The molecule has 1 saturated carbocycles. The molecule has 0 amide bonds. The van der Waals surface area contributed by atoms with Crippen molar-refractivity contribution in [2.24, 2.45) is 4.99 Å². The maximum atomic E-state index is 5.99. The van der Waals surface area contributed by atoms with Gasteiger partial charge in [0.2, 0.25) is 0 Å². The molecule has 7 nitrogen and oxygen atoms in total. The Labute approximate surface area is 188 Å². The number of nitrogens with one attached hydrogen (secondary N) is 2. The molecule has 1 aromatic carbocycles. The maximum absolute atomic E-state index is 5.99. The molecule has 2 aromatic heterocycles. The number of aromatic nitrogens is 3. The van der Waals surface area contributed by atoms with Gasteiger partial charge in [-0.3, -0.25) is 4.99 Å². The minimum Gasteiger partial charge on any atom is -0.459 e. The van der Waals surface area contributed by atoms with Crippen molar-refractivity contribution in [1.82, 2.24) is 25.4 Å². The summed E-state index contributed by atoms with van der Waals surface area (Å²) < 4.78 is 8.37. The topological polar surface area (TPSA) is 80.3 Å². The zero-order chi connectivity index (χ0) is 21.6. The second kappa shape index (κ2) is 10.2. The average molecular weight is 441 g/mol. The molecule has 166 valence electrons. The average Bonchev–Trinajstić information content (AvgIpc) is 3.52. The summed E-state index contributed by atoms with van der Waals surface area (Å²) in [6.45, 7) is 3.53. The van der Waals surface area contributed by atoms with E-state index < -0.39 is 0 Å². The van der Waals surface area contributed by atoms with Gasteiger partial charge in [-0.15, -0.1) is 10.2 Å². The number of furan rings is 1. The van der Waals surface area contributed by atoms with Crippen LogP contribution in [0.4, 0.5) is 0 Å². The number of hydrogen-bond acceptors (Lipinski definition) is 5. The Hall–Kier alpha value is -2.48. The van der Waals surface area contributed by atoms with Gasteiger partial charge in [-0.2, -0.15) is 0 Å². The molecule has 1 aliphatic rings. The van der Waals surface area contributed by atoms with Crippen LogP contribution in [0.3, 0.4) is 0 Å². The molecule has 0 bridgehead atoms. The first-order valence-corrected chi connectivity index (χ1v) is 12.3. The molecule has 0 unspecified atom stereocenters. The van der Waals surface area contributed by atoms with Gasteiger partial charge >= 0.3 is 0 Å². The van der Waals surface area contributed by atoms with Crippen LogP contribution in [-0.2, 0) is 13.0 Å². The molecular weight excluding hydrogens is 408 g/mol. The highest BCUT2D eigenvalue weighted by Gasteiger charge is 2.23. The molecule has 1 aliphatic carbocycles. The van der Waals surface area contributed by atoms with Crippen LogP contribution < -0.4 is 10.6 Å². The van der Waals surface area contributed by atoms with Gasteiger partial charge in [0, 0.05) is 37.0 Å². The van der Waals surface area contributed by atoms with Crippen molar-refractivity contribution < 1.29 is 4.42 Å². The van der Waals surface area contributed by atoms with E-state index in [1.165, 1.54) is 36.6 Å². The third-order valence-electron chi connectivity index (χ3n) is 6.06. The molecule has 3 aromatic rings. The standard InChI is InChI=1S/C23H32N6OS/c1-16-18-11-6-7-12-19(18)30-20(16)15-26-22(24-2)25-14-8-13-21-27-28-23(31-3)29(21)17-9-4-5-10-17/h6-7,11-12,17H,4-5,8-10,13-15H2,1-3H3,(H2,24,25,26). The van der Waals surface area contributed by atoms with E-state index in [-0.39, 0.29) is 0 Å². The Kier molecular flexibility index (Phi) is 7.17. The van der Waals surface area contributed by atoms with Crippen molar-refractivity contribution in [3.05, 3.63) is 41.4 Å². The molecule has 1 fully saturated rings.